The van der Waals surface area contributed by atoms with E-state index < -0.39 is 8.07 Å². The monoisotopic (exact) mass is 333 g/mol. The van der Waals surface area contributed by atoms with Crippen LogP contribution in [0.3, 0.4) is 0 Å². The summed E-state index contributed by atoms with van der Waals surface area (Å²) in [5.74, 6) is 2.20. The van der Waals surface area contributed by atoms with Gasteiger partial charge in [0.15, 0.2) is 0 Å². The fourth-order valence-corrected chi connectivity index (χ4v) is 5.20. The SMILES string of the molecule is C[Si](C)(C)CCC(=Nc1ccccc1)SCC1CCCCC1. The minimum Gasteiger partial charge on any atom is -0.247 e. The van der Waals surface area contributed by atoms with Gasteiger partial charge in [-0.15, -0.1) is 11.8 Å². The molecule has 3 heteroatoms. The molecule has 0 amide bonds. The second-order valence-electron chi connectivity index (χ2n) is 7.72. The highest BCUT2D eigenvalue weighted by molar-refractivity contribution is 8.13. The van der Waals surface area contributed by atoms with Gasteiger partial charge in [-0.3, -0.25) is 0 Å². The Hall–Kier alpha value is -0.543. The number of hydrogen-bond donors (Lipinski definition) is 0. The standard InChI is InChI=1S/C19H31NSSi/c1-22(2,3)15-14-19(20-18-12-8-5-9-13-18)21-16-17-10-6-4-7-11-17/h5,8-9,12-13,17H,4,6-7,10-11,14-16H2,1-3H3. The van der Waals surface area contributed by atoms with Gasteiger partial charge in [0.05, 0.1) is 10.7 Å². The Morgan fingerprint density at radius 2 is 1.77 bits per heavy atom. The molecule has 1 nitrogen and oxygen atoms in total. The van der Waals surface area contributed by atoms with E-state index in [9.17, 15) is 0 Å². The van der Waals surface area contributed by atoms with E-state index >= 15 is 0 Å². The molecule has 1 fully saturated rings. The molecule has 0 radical (unpaired) electrons. The molecule has 1 aliphatic carbocycles. The molecule has 0 bridgehead atoms. The fraction of sp³-hybridized carbons (Fsp3) is 0.632. The van der Waals surface area contributed by atoms with Gasteiger partial charge in [-0.25, -0.2) is 4.99 Å². The molecule has 0 spiro atoms. The van der Waals surface area contributed by atoms with Crippen LogP contribution in [0.25, 0.3) is 0 Å². The molecule has 0 unspecified atom stereocenters. The lowest BCUT2D eigenvalue weighted by molar-refractivity contribution is 0.391. The summed E-state index contributed by atoms with van der Waals surface area (Å²) < 4.78 is 0. The number of thioether (sulfide) groups is 1. The first-order valence-electron chi connectivity index (χ1n) is 8.78. The largest absolute Gasteiger partial charge is 0.247 e. The molecule has 1 saturated carbocycles. The Kier molecular flexibility index (Phi) is 7.22. The Bertz CT molecular complexity index is 458. The van der Waals surface area contributed by atoms with Gasteiger partial charge in [-0.1, -0.05) is 63.1 Å². The predicted octanol–water partition coefficient (Wildman–Crippen LogP) is 6.76. The molecular formula is C19H31NSSi. The van der Waals surface area contributed by atoms with E-state index in [2.05, 4.69) is 50.0 Å². The van der Waals surface area contributed by atoms with Crippen molar-refractivity contribution in [1.29, 1.82) is 0 Å². The summed E-state index contributed by atoms with van der Waals surface area (Å²) in [7, 11) is -1.000. The molecule has 1 aromatic rings. The topological polar surface area (TPSA) is 12.4 Å². The maximum Gasteiger partial charge on any atom is 0.0735 e. The molecule has 0 atom stereocenters. The molecule has 2 rings (SSSR count). The van der Waals surface area contributed by atoms with E-state index in [4.69, 9.17) is 4.99 Å². The molecular weight excluding hydrogens is 302 g/mol. The molecule has 22 heavy (non-hydrogen) atoms. The Morgan fingerprint density at radius 3 is 2.41 bits per heavy atom. The third-order valence-corrected chi connectivity index (χ3v) is 7.33. The van der Waals surface area contributed by atoms with Crippen molar-refractivity contribution in [3.63, 3.8) is 0 Å². The van der Waals surface area contributed by atoms with Crippen molar-refractivity contribution in [1.82, 2.24) is 0 Å². The quantitative estimate of drug-likeness (QED) is 0.318. The second-order valence-corrected chi connectivity index (χ2v) is 14.4. The minimum atomic E-state index is -1.000. The van der Waals surface area contributed by atoms with Gasteiger partial charge in [0.1, 0.15) is 0 Å². The van der Waals surface area contributed by atoms with Gasteiger partial charge in [0.25, 0.3) is 0 Å². The van der Waals surface area contributed by atoms with Crippen LogP contribution in [0.2, 0.25) is 25.7 Å². The maximum absolute atomic E-state index is 4.95. The summed E-state index contributed by atoms with van der Waals surface area (Å²) in [4.78, 5) is 4.95. The number of nitrogens with zero attached hydrogens (tertiary/aromatic N) is 1. The van der Waals surface area contributed by atoms with Gasteiger partial charge in [-0.2, -0.15) is 0 Å². The van der Waals surface area contributed by atoms with Gasteiger partial charge in [-0.05, 0) is 37.3 Å². The van der Waals surface area contributed by atoms with Crippen LogP contribution in [0.1, 0.15) is 38.5 Å². The van der Waals surface area contributed by atoms with E-state index in [-0.39, 0.29) is 0 Å². The number of hydrogen-bond acceptors (Lipinski definition) is 2. The van der Waals surface area contributed by atoms with Crippen molar-refractivity contribution in [2.75, 3.05) is 5.75 Å². The number of para-hydroxylation sites is 1. The molecule has 122 valence electrons. The molecule has 0 saturated heterocycles. The summed E-state index contributed by atoms with van der Waals surface area (Å²) in [6.45, 7) is 7.37. The highest BCUT2D eigenvalue weighted by Crippen LogP contribution is 2.29. The smallest absolute Gasteiger partial charge is 0.0735 e. The first-order valence-corrected chi connectivity index (χ1v) is 13.5. The zero-order valence-electron chi connectivity index (χ0n) is 14.5. The summed E-state index contributed by atoms with van der Waals surface area (Å²) in [5, 5.41) is 1.36. The van der Waals surface area contributed by atoms with Crippen molar-refractivity contribution in [3.8, 4) is 0 Å². The van der Waals surface area contributed by atoms with Crippen LogP contribution in [-0.2, 0) is 0 Å². The highest BCUT2D eigenvalue weighted by Gasteiger charge is 2.17. The minimum absolute atomic E-state index is 0.923. The van der Waals surface area contributed by atoms with Gasteiger partial charge >= 0.3 is 0 Å². The van der Waals surface area contributed by atoms with Crippen molar-refractivity contribution in [3.05, 3.63) is 30.3 Å². The zero-order valence-corrected chi connectivity index (χ0v) is 16.3. The average molecular weight is 334 g/mol. The lowest BCUT2D eigenvalue weighted by atomic mass is 9.91. The summed E-state index contributed by atoms with van der Waals surface area (Å²) >= 11 is 2.04. The van der Waals surface area contributed by atoms with E-state index in [1.165, 1.54) is 55.4 Å². The van der Waals surface area contributed by atoms with Crippen molar-refractivity contribution in [2.24, 2.45) is 10.9 Å². The normalized spacial score (nSPS) is 17.7. The van der Waals surface area contributed by atoms with Gasteiger partial charge in [0.2, 0.25) is 0 Å². The van der Waals surface area contributed by atoms with E-state index in [1.807, 2.05) is 11.8 Å². The van der Waals surface area contributed by atoms with Crippen molar-refractivity contribution < 1.29 is 0 Å². The second kappa shape index (κ2) is 8.93. The first-order chi connectivity index (χ1) is 10.5. The Balaban J connectivity index is 1.96. The van der Waals surface area contributed by atoms with E-state index in [1.54, 1.807) is 0 Å². The maximum atomic E-state index is 4.95. The van der Waals surface area contributed by atoms with E-state index in [0.29, 0.717) is 0 Å². The number of benzene rings is 1. The first kappa shape index (κ1) is 17.8. The Morgan fingerprint density at radius 1 is 1.09 bits per heavy atom. The molecule has 0 aliphatic heterocycles. The van der Waals surface area contributed by atoms with Crippen LogP contribution in [-0.4, -0.2) is 18.9 Å². The highest BCUT2D eigenvalue weighted by atomic mass is 32.2. The van der Waals surface area contributed by atoms with Crippen LogP contribution in [0.15, 0.2) is 35.3 Å². The molecule has 1 aliphatic rings. The Labute approximate surface area is 142 Å². The zero-order chi connectivity index (χ0) is 15.8. The van der Waals surface area contributed by atoms with Crippen LogP contribution >= 0.6 is 11.8 Å². The van der Waals surface area contributed by atoms with Gasteiger partial charge < -0.3 is 0 Å². The van der Waals surface area contributed by atoms with Crippen LogP contribution < -0.4 is 0 Å². The summed E-state index contributed by atoms with van der Waals surface area (Å²) in [6, 6.07) is 11.8. The molecule has 0 aromatic heterocycles. The van der Waals surface area contributed by atoms with Crippen molar-refractivity contribution in [2.45, 2.75) is 64.2 Å². The molecule has 0 heterocycles. The van der Waals surface area contributed by atoms with Crippen LogP contribution in [0.4, 0.5) is 5.69 Å². The average Bonchev–Trinajstić information content (AvgIpc) is 2.51. The van der Waals surface area contributed by atoms with Crippen LogP contribution in [0, 0.1) is 5.92 Å². The third-order valence-electron chi connectivity index (χ3n) is 4.31. The lowest BCUT2D eigenvalue weighted by Gasteiger charge is -2.22. The van der Waals surface area contributed by atoms with Gasteiger partial charge in [0, 0.05) is 13.8 Å². The number of rotatable bonds is 6. The number of aliphatic imine (C=N–C) groups is 1. The van der Waals surface area contributed by atoms with Crippen LogP contribution in [0.5, 0.6) is 0 Å². The predicted molar refractivity (Wildman–Crippen MR) is 105 cm³/mol. The van der Waals surface area contributed by atoms with Crippen molar-refractivity contribution >= 4 is 30.6 Å². The molecule has 1 aromatic carbocycles. The van der Waals surface area contributed by atoms with E-state index in [0.717, 1.165) is 11.6 Å². The third kappa shape index (κ3) is 7.15. The lowest BCUT2D eigenvalue weighted by Crippen LogP contribution is -2.20. The summed E-state index contributed by atoms with van der Waals surface area (Å²) in [6.07, 6.45) is 8.35. The summed E-state index contributed by atoms with van der Waals surface area (Å²) in [5.41, 5.74) is 1.12. The molecule has 0 N–H and O–H groups in total. The fourth-order valence-electron chi connectivity index (χ4n) is 2.86.